The van der Waals surface area contributed by atoms with Gasteiger partial charge in [0, 0.05) is 31.7 Å². The lowest BCUT2D eigenvalue weighted by Crippen LogP contribution is -2.52. The highest BCUT2D eigenvalue weighted by molar-refractivity contribution is 7.12. The third-order valence-electron chi connectivity index (χ3n) is 5.74. The molecule has 0 unspecified atom stereocenters. The van der Waals surface area contributed by atoms with Gasteiger partial charge in [-0.05, 0) is 53.8 Å². The first kappa shape index (κ1) is 23.5. The number of benzene rings is 2. The van der Waals surface area contributed by atoms with E-state index in [-0.39, 0.29) is 24.3 Å². The first-order chi connectivity index (χ1) is 16.5. The Labute approximate surface area is 202 Å². The minimum atomic E-state index is -0.315. The summed E-state index contributed by atoms with van der Waals surface area (Å²) in [6.45, 7) is 4.19. The van der Waals surface area contributed by atoms with E-state index < -0.39 is 0 Å². The van der Waals surface area contributed by atoms with Crippen LogP contribution >= 0.6 is 11.3 Å². The molecule has 3 amide bonds. The number of piperazine rings is 1. The van der Waals surface area contributed by atoms with Gasteiger partial charge in [-0.3, -0.25) is 14.4 Å². The van der Waals surface area contributed by atoms with Crippen LogP contribution in [0.3, 0.4) is 0 Å². The minimum Gasteiger partial charge on any atom is -0.489 e. The van der Waals surface area contributed by atoms with Gasteiger partial charge < -0.3 is 19.9 Å². The zero-order chi connectivity index (χ0) is 23.9. The topological polar surface area (TPSA) is 79.0 Å². The maximum atomic E-state index is 12.6. The monoisotopic (exact) mass is 477 g/mol. The van der Waals surface area contributed by atoms with Crippen molar-refractivity contribution in [1.82, 2.24) is 15.1 Å². The molecule has 1 aromatic heterocycles. The maximum Gasteiger partial charge on any atom is 0.264 e. The smallest absolute Gasteiger partial charge is 0.264 e. The highest BCUT2D eigenvalue weighted by Gasteiger charge is 2.26. The number of thiophene rings is 1. The summed E-state index contributed by atoms with van der Waals surface area (Å²) in [4.78, 5) is 41.9. The van der Waals surface area contributed by atoms with Crippen molar-refractivity contribution in [3.05, 3.63) is 87.6 Å². The molecule has 1 aliphatic rings. The van der Waals surface area contributed by atoms with Gasteiger partial charge in [-0.25, -0.2) is 0 Å². The number of hydrogen-bond acceptors (Lipinski definition) is 5. The second kappa shape index (κ2) is 11.0. The predicted octanol–water partition coefficient (Wildman–Crippen LogP) is 3.35. The number of aryl methyl sites for hydroxylation is 1. The van der Waals surface area contributed by atoms with Gasteiger partial charge in [0.05, 0.1) is 11.4 Å². The fourth-order valence-electron chi connectivity index (χ4n) is 3.71. The van der Waals surface area contributed by atoms with Gasteiger partial charge in [0.1, 0.15) is 12.4 Å². The van der Waals surface area contributed by atoms with E-state index in [1.165, 1.54) is 11.3 Å². The SMILES string of the molecule is Cc1ccsc1C(=O)N1CCN(C(=O)CNC(=O)c2ccc(OCc3ccccc3)cc2)CC1. The molecule has 0 bridgehead atoms. The van der Waals surface area contributed by atoms with E-state index in [0.29, 0.717) is 44.1 Å². The molecule has 1 N–H and O–H groups in total. The van der Waals surface area contributed by atoms with E-state index in [9.17, 15) is 14.4 Å². The predicted molar refractivity (Wildman–Crippen MR) is 131 cm³/mol. The largest absolute Gasteiger partial charge is 0.489 e. The van der Waals surface area contributed by atoms with Crippen LogP contribution in [0, 0.1) is 6.92 Å². The summed E-state index contributed by atoms with van der Waals surface area (Å²) in [6, 6.07) is 18.6. The summed E-state index contributed by atoms with van der Waals surface area (Å²) in [5.74, 6) is 0.214. The second-order valence-electron chi connectivity index (χ2n) is 8.09. The van der Waals surface area contributed by atoms with E-state index in [4.69, 9.17) is 4.74 Å². The van der Waals surface area contributed by atoms with Crippen molar-refractivity contribution in [3.8, 4) is 5.75 Å². The number of ether oxygens (including phenoxy) is 1. The van der Waals surface area contributed by atoms with Crippen LogP contribution < -0.4 is 10.1 Å². The molecular formula is C26H27N3O4S. The molecule has 0 spiro atoms. The summed E-state index contributed by atoms with van der Waals surface area (Å²) >= 11 is 1.44. The number of carbonyl (C=O) groups is 3. The molecule has 7 nitrogen and oxygen atoms in total. The summed E-state index contributed by atoms with van der Waals surface area (Å²) < 4.78 is 5.74. The minimum absolute atomic E-state index is 0.0177. The number of nitrogens with zero attached hydrogens (tertiary/aromatic N) is 2. The lowest BCUT2D eigenvalue weighted by atomic mass is 10.2. The fourth-order valence-corrected chi connectivity index (χ4v) is 4.60. The third kappa shape index (κ3) is 5.82. The maximum absolute atomic E-state index is 12.6. The quantitative estimate of drug-likeness (QED) is 0.566. The number of nitrogens with one attached hydrogen (secondary N) is 1. The fraction of sp³-hybridized carbons (Fsp3) is 0.269. The van der Waals surface area contributed by atoms with Crippen LogP contribution in [0.2, 0.25) is 0 Å². The van der Waals surface area contributed by atoms with Crippen LogP contribution in [-0.2, 0) is 11.4 Å². The molecule has 8 heteroatoms. The average Bonchev–Trinajstić information content (AvgIpc) is 3.32. The molecule has 0 saturated carbocycles. The lowest BCUT2D eigenvalue weighted by Gasteiger charge is -2.34. The molecule has 1 aliphatic heterocycles. The Morgan fingerprint density at radius 1 is 0.912 bits per heavy atom. The Bertz CT molecular complexity index is 1140. The lowest BCUT2D eigenvalue weighted by molar-refractivity contribution is -0.131. The van der Waals surface area contributed by atoms with Gasteiger partial charge in [0.25, 0.3) is 11.8 Å². The first-order valence-corrected chi connectivity index (χ1v) is 12.1. The molecular weight excluding hydrogens is 450 g/mol. The van der Waals surface area contributed by atoms with Gasteiger partial charge in [-0.1, -0.05) is 30.3 Å². The van der Waals surface area contributed by atoms with Crippen molar-refractivity contribution in [2.75, 3.05) is 32.7 Å². The van der Waals surface area contributed by atoms with Crippen LogP contribution in [0.25, 0.3) is 0 Å². The molecule has 34 heavy (non-hydrogen) atoms. The van der Waals surface area contributed by atoms with Crippen molar-refractivity contribution < 1.29 is 19.1 Å². The average molecular weight is 478 g/mol. The Balaban J connectivity index is 1.20. The molecule has 3 aromatic rings. The summed E-state index contributed by atoms with van der Waals surface area (Å²) in [6.07, 6.45) is 0. The number of rotatable bonds is 7. The number of amides is 3. The van der Waals surface area contributed by atoms with Gasteiger partial charge >= 0.3 is 0 Å². The first-order valence-electron chi connectivity index (χ1n) is 11.2. The highest BCUT2D eigenvalue weighted by Crippen LogP contribution is 2.19. The standard InChI is InChI=1S/C26H27N3O4S/c1-19-11-16-34-24(19)26(32)29-14-12-28(13-15-29)23(30)17-27-25(31)21-7-9-22(10-8-21)33-18-20-5-3-2-4-6-20/h2-11,16H,12-15,17-18H2,1H3,(H,27,31). The number of carbonyl (C=O) groups excluding carboxylic acids is 3. The molecule has 2 heterocycles. The summed E-state index contributed by atoms with van der Waals surface area (Å²) in [5, 5.41) is 4.60. The molecule has 4 rings (SSSR count). The summed E-state index contributed by atoms with van der Waals surface area (Å²) in [7, 11) is 0. The molecule has 1 saturated heterocycles. The van der Waals surface area contributed by atoms with E-state index in [1.54, 1.807) is 34.1 Å². The Morgan fingerprint density at radius 2 is 1.59 bits per heavy atom. The molecule has 1 fully saturated rings. The molecule has 176 valence electrons. The van der Waals surface area contributed by atoms with Crippen molar-refractivity contribution >= 4 is 29.1 Å². The number of hydrogen-bond donors (Lipinski definition) is 1. The van der Waals surface area contributed by atoms with E-state index in [0.717, 1.165) is 16.0 Å². The third-order valence-corrected chi connectivity index (χ3v) is 6.75. The zero-order valence-corrected chi connectivity index (χ0v) is 19.8. The Hall–Kier alpha value is -3.65. The normalized spacial score (nSPS) is 13.4. The van der Waals surface area contributed by atoms with Gasteiger partial charge in [0.15, 0.2) is 0 Å². The van der Waals surface area contributed by atoms with Gasteiger partial charge in [-0.15, -0.1) is 11.3 Å². The van der Waals surface area contributed by atoms with Crippen molar-refractivity contribution in [2.24, 2.45) is 0 Å². The van der Waals surface area contributed by atoms with E-state index >= 15 is 0 Å². The second-order valence-corrected chi connectivity index (χ2v) is 9.00. The summed E-state index contributed by atoms with van der Waals surface area (Å²) in [5.41, 5.74) is 2.50. The molecule has 0 radical (unpaired) electrons. The van der Waals surface area contributed by atoms with Crippen molar-refractivity contribution in [3.63, 3.8) is 0 Å². The van der Waals surface area contributed by atoms with Crippen LogP contribution in [0.1, 0.15) is 31.2 Å². The van der Waals surface area contributed by atoms with Gasteiger partial charge in [-0.2, -0.15) is 0 Å². The zero-order valence-electron chi connectivity index (χ0n) is 19.0. The van der Waals surface area contributed by atoms with Crippen molar-refractivity contribution in [1.29, 1.82) is 0 Å². The van der Waals surface area contributed by atoms with Crippen LogP contribution in [0.4, 0.5) is 0 Å². The van der Waals surface area contributed by atoms with Crippen molar-refractivity contribution in [2.45, 2.75) is 13.5 Å². The molecule has 0 atom stereocenters. The van der Waals surface area contributed by atoms with Gasteiger partial charge in [0.2, 0.25) is 5.91 Å². The van der Waals surface area contributed by atoms with Crippen LogP contribution in [-0.4, -0.2) is 60.2 Å². The Kier molecular flexibility index (Phi) is 7.59. The molecule has 0 aliphatic carbocycles. The van der Waals surface area contributed by atoms with E-state index in [2.05, 4.69) is 5.32 Å². The Morgan fingerprint density at radius 3 is 2.24 bits per heavy atom. The highest BCUT2D eigenvalue weighted by atomic mass is 32.1. The molecule has 2 aromatic carbocycles. The van der Waals surface area contributed by atoms with Crippen LogP contribution in [0.5, 0.6) is 5.75 Å². The van der Waals surface area contributed by atoms with Crippen LogP contribution in [0.15, 0.2) is 66.0 Å². The van der Waals surface area contributed by atoms with E-state index in [1.807, 2.05) is 48.7 Å².